The van der Waals surface area contributed by atoms with Crippen molar-refractivity contribution < 1.29 is 0 Å². The summed E-state index contributed by atoms with van der Waals surface area (Å²) in [6, 6.07) is 0. The van der Waals surface area contributed by atoms with Crippen molar-refractivity contribution in [1.29, 1.82) is 0 Å². The minimum atomic E-state index is 0.673. The Morgan fingerprint density at radius 3 is 2.58 bits per heavy atom. The Bertz CT molecular complexity index is 127. The van der Waals surface area contributed by atoms with Crippen LogP contribution < -0.4 is 5.32 Å². The van der Waals surface area contributed by atoms with Crippen LogP contribution in [0.1, 0.15) is 46.5 Å². The molecule has 1 N–H and O–H groups in total. The monoisotopic (exact) mass is 169 g/mol. The van der Waals surface area contributed by atoms with Crippen LogP contribution in [0.2, 0.25) is 0 Å². The quantitative estimate of drug-likeness (QED) is 0.644. The third kappa shape index (κ3) is 3.57. The van der Waals surface area contributed by atoms with E-state index in [1.165, 1.54) is 38.8 Å². The van der Waals surface area contributed by atoms with Gasteiger partial charge in [0.25, 0.3) is 0 Å². The zero-order valence-electron chi connectivity index (χ0n) is 8.82. The van der Waals surface area contributed by atoms with Gasteiger partial charge >= 0.3 is 0 Å². The first kappa shape index (κ1) is 10.0. The van der Waals surface area contributed by atoms with E-state index < -0.39 is 0 Å². The molecule has 1 unspecified atom stereocenters. The Kier molecular flexibility index (Phi) is 3.57. The van der Waals surface area contributed by atoms with Gasteiger partial charge in [-0.25, -0.2) is 0 Å². The molecule has 0 aromatic carbocycles. The number of hydrogen-bond donors (Lipinski definition) is 1. The maximum Gasteiger partial charge on any atom is 0.000528 e. The second kappa shape index (κ2) is 4.27. The zero-order chi connectivity index (χ0) is 9.03. The van der Waals surface area contributed by atoms with Crippen LogP contribution in [0, 0.1) is 11.3 Å². The lowest BCUT2D eigenvalue weighted by Gasteiger charge is -2.14. The van der Waals surface area contributed by atoms with E-state index in [4.69, 9.17) is 0 Å². The molecule has 1 aliphatic rings. The Morgan fingerprint density at radius 1 is 1.42 bits per heavy atom. The van der Waals surface area contributed by atoms with Crippen molar-refractivity contribution in [3.63, 3.8) is 0 Å². The average Bonchev–Trinajstić information content (AvgIpc) is 2.69. The smallest absolute Gasteiger partial charge is 0.000528 e. The van der Waals surface area contributed by atoms with Gasteiger partial charge in [-0.15, -0.1) is 0 Å². The molecule has 0 radical (unpaired) electrons. The van der Waals surface area contributed by atoms with Gasteiger partial charge in [-0.3, -0.25) is 0 Å². The van der Waals surface area contributed by atoms with Crippen molar-refractivity contribution in [1.82, 2.24) is 5.32 Å². The van der Waals surface area contributed by atoms with Gasteiger partial charge in [-0.2, -0.15) is 0 Å². The summed E-state index contributed by atoms with van der Waals surface area (Å²) in [5.74, 6) is 0.859. The van der Waals surface area contributed by atoms with Crippen molar-refractivity contribution >= 4 is 0 Å². The molecule has 0 aliphatic heterocycles. The van der Waals surface area contributed by atoms with Crippen molar-refractivity contribution in [2.45, 2.75) is 46.5 Å². The minimum absolute atomic E-state index is 0.673. The van der Waals surface area contributed by atoms with E-state index in [1.807, 2.05) is 0 Å². The molecule has 1 heteroatoms. The van der Waals surface area contributed by atoms with Gasteiger partial charge < -0.3 is 5.32 Å². The predicted molar refractivity (Wildman–Crippen MR) is 54.3 cm³/mol. The molecule has 0 aromatic rings. The van der Waals surface area contributed by atoms with Crippen LogP contribution in [0.15, 0.2) is 0 Å². The van der Waals surface area contributed by atoms with Crippen LogP contribution in [-0.4, -0.2) is 13.1 Å². The van der Waals surface area contributed by atoms with Crippen LogP contribution in [0.25, 0.3) is 0 Å². The van der Waals surface area contributed by atoms with Gasteiger partial charge in [0, 0.05) is 6.54 Å². The molecule has 1 nitrogen and oxygen atoms in total. The summed E-state index contributed by atoms with van der Waals surface area (Å²) in [5, 5.41) is 3.57. The molecule has 0 bridgehead atoms. The van der Waals surface area contributed by atoms with E-state index in [-0.39, 0.29) is 0 Å². The Balaban J connectivity index is 1.94. The topological polar surface area (TPSA) is 12.0 Å². The van der Waals surface area contributed by atoms with Gasteiger partial charge in [0.1, 0.15) is 0 Å². The molecule has 72 valence electrons. The number of hydrogen-bond acceptors (Lipinski definition) is 1. The fraction of sp³-hybridized carbons (Fsp3) is 1.00. The van der Waals surface area contributed by atoms with Gasteiger partial charge in [0.2, 0.25) is 0 Å². The Labute approximate surface area is 76.9 Å². The summed E-state index contributed by atoms with van der Waals surface area (Å²) >= 11 is 0. The fourth-order valence-corrected chi connectivity index (χ4v) is 1.61. The third-order valence-electron chi connectivity index (χ3n) is 2.93. The second-order valence-electron chi connectivity index (χ2n) is 4.84. The van der Waals surface area contributed by atoms with Gasteiger partial charge in [0.05, 0.1) is 0 Å². The summed E-state index contributed by atoms with van der Waals surface area (Å²) in [6.07, 6.45) is 5.55. The van der Waals surface area contributed by atoms with Crippen LogP contribution in [-0.2, 0) is 0 Å². The predicted octanol–water partition coefficient (Wildman–Crippen LogP) is 2.81. The minimum Gasteiger partial charge on any atom is -0.316 e. The van der Waals surface area contributed by atoms with E-state index >= 15 is 0 Å². The van der Waals surface area contributed by atoms with Crippen molar-refractivity contribution in [2.24, 2.45) is 11.3 Å². The molecule has 1 saturated carbocycles. The van der Waals surface area contributed by atoms with Gasteiger partial charge in [-0.05, 0) is 37.1 Å². The molecule has 0 spiro atoms. The summed E-state index contributed by atoms with van der Waals surface area (Å²) in [4.78, 5) is 0. The van der Waals surface area contributed by atoms with Crippen molar-refractivity contribution in [3.05, 3.63) is 0 Å². The maximum atomic E-state index is 3.57. The van der Waals surface area contributed by atoms with E-state index in [0.29, 0.717) is 5.41 Å². The van der Waals surface area contributed by atoms with Gasteiger partial charge in [0.15, 0.2) is 0 Å². The average molecular weight is 169 g/mol. The summed E-state index contributed by atoms with van der Waals surface area (Å²) in [7, 11) is 0. The van der Waals surface area contributed by atoms with E-state index in [9.17, 15) is 0 Å². The lowest BCUT2D eigenvalue weighted by molar-refractivity contribution is 0.430. The Morgan fingerprint density at radius 2 is 2.08 bits per heavy atom. The summed E-state index contributed by atoms with van der Waals surface area (Å²) in [5.41, 5.74) is 0.673. The molecule has 1 fully saturated rings. The molecule has 0 amide bonds. The molecule has 0 aromatic heterocycles. The van der Waals surface area contributed by atoms with Gasteiger partial charge in [-0.1, -0.05) is 27.2 Å². The first-order valence-corrected chi connectivity index (χ1v) is 5.37. The lowest BCUT2D eigenvalue weighted by Crippen LogP contribution is -2.26. The SMILES string of the molecule is CCCC(C)CNCC1(C)CC1. The van der Waals surface area contributed by atoms with E-state index in [2.05, 4.69) is 26.1 Å². The molecule has 1 rings (SSSR count). The second-order valence-corrected chi connectivity index (χ2v) is 4.84. The van der Waals surface area contributed by atoms with Crippen LogP contribution in [0.4, 0.5) is 0 Å². The highest BCUT2D eigenvalue weighted by Gasteiger charge is 2.36. The van der Waals surface area contributed by atoms with Crippen LogP contribution in [0.3, 0.4) is 0 Å². The van der Waals surface area contributed by atoms with Crippen LogP contribution >= 0.6 is 0 Å². The molecular weight excluding hydrogens is 146 g/mol. The first-order chi connectivity index (χ1) is 5.66. The number of nitrogens with one attached hydrogen (secondary N) is 1. The maximum absolute atomic E-state index is 3.57. The molecule has 1 atom stereocenters. The first-order valence-electron chi connectivity index (χ1n) is 5.37. The normalized spacial score (nSPS) is 22.2. The zero-order valence-corrected chi connectivity index (χ0v) is 8.82. The van der Waals surface area contributed by atoms with Crippen LogP contribution in [0.5, 0.6) is 0 Å². The highest BCUT2D eigenvalue weighted by molar-refractivity contribution is 4.90. The molecule has 0 heterocycles. The highest BCUT2D eigenvalue weighted by Crippen LogP contribution is 2.43. The summed E-state index contributed by atoms with van der Waals surface area (Å²) < 4.78 is 0. The molecule has 0 saturated heterocycles. The van der Waals surface area contributed by atoms with E-state index in [1.54, 1.807) is 0 Å². The third-order valence-corrected chi connectivity index (χ3v) is 2.93. The van der Waals surface area contributed by atoms with Crippen molar-refractivity contribution in [3.8, 4) is 0 Å². The molecular formula is C11H23N. The molecule has 1 aliphatic carbocycles. The summed E-state index contributed by atoms with van der Waals surface area (Å²) in [6.45, 7) is 9.43. The highest BCUT2D eigenvalue weighted by atomic mass is 14.9. The van der Waals surface area contributed by atoms with Crippen molar-refractivity contribution in [2.75, 3.05) is 13.1 Å². The molecule has 12 heavy (non-hydrogen) atoms. The standard InChI is InChI=1S/C11H23N/c1-4-5-10(2)8-12-9-11(3)6-7-11/h10,12H,4-9H2,1-3H3. The largest absolute Gasteiger partial charge is 0.316 e. The lowest BCUT2D eigenvalue weighted by atomic mass is 10.1. The fourth-order valence-electron chi connectivity index (χ4n) is 1.61. The Hall–Kier alpha value is -0.0400. The number of rotatable bonds is 6. The van der Waals surface area contributed by atoms with E-state index in [0.717, 1.165) is 5.92 Å².